The Morgan fingerprint density at radius 3 is 1.74 bits per heavy atom. The highest BCUT2D eigenvalue weighted by Crippen LogP contribution is 2.44. The molecule has 0 N–H and O–H groups in total. The van der Waals surface area contributed by atoms with Crippen molar-refractivity contribution in [3.05, 3.63) is 121 Å². The van der Waals surface area contributed by atoms with Crippen molar-refractivity contribution < 1.29 is 0 Å². The quantitative estimate of drug-likeness (QED) is 0.214. The van der Waals surface area contributed by atoms with Crippen molar-refractivity contribution >= 4 is 74.6 Å². The molecule has 0 fully saturated rings. The van der Waals surface area contributed by atoms with Crippen molar-refractivity contribution in [1.82, 2.24) is 0 Å². The van der Waals surface area contributed by atoms with Crippen LogP contribution < -0.4 is 0 Å². The standard InChI is InChI=1S/C34H20S/c1-2-9-23-21(8-1)17-19-32-33(23)30-15-7-14-24(34(30)35-32)22-16-18-29-27-12-4-3-10-25(27)26-11-5-6-13-28(26)31(29)20-22/h1-20H. The van der Waals surface area contributed by atoms with E-state index < -0.39 is 0 Å². The van der Waals surface area contributed by atoms with Crippen LogP contribution >= 0.6 is 11.3 Å². The van der Waals surface area contributed by atoms with E-state index in [4.69, 9.17) is 0 Å². The predicted octanol–water partition coefficient (Wildman–Crippen LogP) is 10.3. The van der Waals surface area contributed by atoms with Gasteiger partial charge in [-0.2, -0.15) is 0 Å². The first-order valence-electron chi connectivity index (χ1n) is 12.0. The van der Waals surface area contributed by atoms with Crippen molar-refractivity contribution in [3.8, 4) is 11.1 Å². The van der Waals surface area contributed by atoms with Crippen molar-refractivity contribution in [3.63, 3.8) is 0 Å². The van der Waals surface area contributed by atoms with E-state index in [1.165, 1.54) is 74.4 Å². The van der Waals surface area contributed by atoms with Gasteiger partial charge in [-0.1, -0.05) is 109 Å². The summed E-state index contributed by atoms with van der Waals surface area (Å²) in [6.07, 6.45) is 0. The summed E-state index contributed by atoms with van der Waals surface area (Å²) in [5.74, 6) is 0. The van der Waals surface area contributed by atoms with Crippen LogP contribution in [0.1, 0.15) is 0 Å². The van der Waals surface area contributed by atoms with Gasteiger partial charge in [-0.3, -0.25) is 0 Å². The number of thiophene rings is 1. The minimum absolute atomic E-state index is 1.28. The predicted molar refractivity (Wildman–Crippen MR) is 155 cm³/mol. The molecule has 0 saturated carbocycles. The smallest absolute Gasteiger partial charge is 0.0434 e. The van der Waals surface area contributed by atoms with Crippen LogP contribution in [0, 0.1) is 0 Å². The van der Waals surface area contributed by atoms with Crippen LogP contribution in [0.5, 0.6) is 0 Å². The number of benzene rings is 7. The Hall–Kier alpha value is -4.20. The second kappa shape index (κ2) is 7.15. The number of hydrogen-bond donors (Lipinski definition) is 0. The highest BCUT2D eigenvalue weighted by atomic mass is 32.1. The van der Waals surface area contributed by atoms with Crippen molar-refractivity contribution in [2.75, 3.05) is 0 Å². The number of hydrogen-bond acceptors (Lipinski definition) is 1. The first-order chi connectivity index (χ1) is 17.4. The normalized spacial score (nSPS) is 12.0. The van der Waals surface area contributed by atoms with Gasteiger partial charge >= 0.3 is 0 Å². The summed E-state index contributed by atoms with van der Waals surface area (Å²) >= 11 is 1.91. The molecule has 0 nitrogen and oxygen atoms in total. The van der Waals surface area contributed by atoms with Gasteiger partial charge in [0.05, 0.1) is 0 Å². The molecule has 0 aliphatic rings. The molecule has 0 spiro atoms. The average molecular weight is 461 g/mol. The molecule has 1 heterocycles. The third-order valence-electron chi connectivity index (χ3n) is 7.44. The van der Waals surface area contributed by atoms with Crippen LogP contribution in [0.2, 0.25) is 0 Å². The fourth-order valence-electron chi connectivity index (χ4n) is 5.87. The zero-order chi connectivity index (χ0) is 22.9. The molecule has 8 rings (SSSR count). The highest BCUT2D eigenvalue weighted by Gasteiger charge is 2.14. The zero-order valence-corrected chi connectivity index (χ0v) is 19.8. The van der Waals surface area contributed by atoms with Gasteiger partial charge in [0.15, 0.2) is 0 Å². The Morgan fingerprint density at radius 1 is 0.400 bits per heavy atom. The van der Waals surface area contributed by atoms with E-state index in [0.29, 0.717) is 0 Å². The lowest BCUT2D eigenvalue weighted by Gasteiger charge is -2.12. The van der Waals surface area contributed by atoms with Crippen LogP contribution in [-0.2, 0) is 0 Å². The molecule has 1 aromatic heterocycles. The third kappa shape index (κ3) is 2.67. The number of rotatable bonds is 1. The SMILES string of the molecule is c1ccc2c(c1)ccc1sc3c(-c4ccc5c6ccccc6c6ccccc6c5c4)cccc3c12. The maximum atomic E-state index is 2.40. The molecule has 7 aromatic carbocycles. The lowest BCUT2D eigenvalue weighted by Crippen LogP contribution is -1.85. The molecule has 35 heavy (non-hydrogen) atoms. The second-order valence-corrected chi connectivity index (χ2v) is 10.3. The first kappa shape index (κ1) is 19.1. The van der Waals surface area contributed by atoms with Crippen molar-refractivity contribution in [2.45, 2.75) is 0 Å². The van der Waals surface area contributed by atoms with E-state index in [0.717, 1.165) is 0 Å². The van der Waals surface area contributed by atoms with Crippen LogP contribution in [-0.4, -0.2) is 0 Å². The van der Waals surface area contributed by atoms with E-state index in [9.17, 15) is 0 Å². The van der Waals surface area contributed by atoms with Gasteiger partial charge in [0, 0.05) is 20.2 Å². The fraction of sp³-hybridized carbons (Fsp3) is 0. The minimum atomic E-state index is 1.28. The summed E-state index contributed by atoms with van der Waals surface area (Å²) in [6.45, 7) is 0. The molecule has 0 unspecified atom stereocenters. The first-order valence-corrected chi connectivity index (χ1v) is 12.8. The molecule has 0 bridgehead atoms. The molecule has 0 amide bonds. The minimum Gasteiger partial charge on any atom is -0.135 e. The topological polar surface area (TPSA) is 0 Å². The van der Waals surface area contributed by atoms with Gasteiger partial charge in [-0.25, -0.2) is 0 Å². The molecule has 0 aliphatic carbocycles. The third-order valence-corrected chi connectivity index (χ3v) is 8.65. The molecule has 0 saturated heterocycles. The lowest BCUT2D eigenvalue weighted by molar-refractivity contribution is 1.73. The summed E-state index contributed by atoms with van der Waals surface area (Å²) in [4.78, 5) is 0. The van der Waals surface area contributed by atoms with Crippen molar-refractivity contribution in [1.29, 1.82) is 0 Å². The van der Waals surface area contributed by atoms with Crippen LogP contribution in [0.4, 0.5) is 0 Å². The van der Waals surface area contributed by atoms with Gasteiger partial charge in [0.25, 0.3) is 0 Å². The summed E-state index contributed by atoms with van der Waals surface area (Å²) < 4.78 is 2.71. The van der Waals surface area contributed by atoms with E-state index in [1.807, 2.05) is 11.3 Å². The Morgan fingerprint density at radius 2 is 1.00 bits per heavy atom. The maximum absolute atomic E-state index is 2.40. The monoisotopic (exact) mass is 460 g/mol. The zero-order valence-electron chi connectivity index (χ0n) is 19.0. The van der Waals surface area contributed by atoms with Crippen LogP contribution in [0.25, 0.3) is 74.4 Å². The van der Waals surface area contributed by atoms with Gasteiger partial charge in [-0.05, 0) is 66.3 Å². The molecule has 0 atom stereocenters. The van der Waals surface area contributed by atoms with Crippen LogP contribution in [0.3, 0.4) is 0 Å². The second-order valence-electron chi connectivity index (χ2n) is 9.30. The molecule has 162 valence electrons. The van der Waals surface area contributed by atoms with Gasteiger partial charge in [-0.15, -0.1) is 11.3 Å². The van der Waals surface area contributed by atoms with E-state index in [1.54, 1.807) is 0 Å². The van der Waals surface area contributed by atoms with E-state index >= 15 is 0 Å². The molecule has 0 aliphatic heterocycles. The van der Waals surface area contributed by atoms with Gasteiger partial charge < -0.3 is 0 Å². The Labute approximate surface area is 206 Å². The highest BCUT2D eigenvalue weighted by molar-refractivity contribution is 7.26. The molecule has 0 radical (unpaired) electrons. The summed E-state index contributed by atoms with van der Waals surface area (Å²) in [6, 6.07) is 44.7. The molecular formula is C34H20S. The van der Waals surface area contributed by atoms with E-state index in [2.05, 4.69) is 121 Å². The van der Waals surface area contributed by atoms with Crippen molar-refractivity contribution in [2.24, 2.45) is 0 Å². The van der Waals surface area contributed by atoms with Gasteiger partial charge in [0.2, 0.25) is 0 Å². The van der Waals surface area contributed by atoms with Crippen LogP contribution in [0.15, 0.2) is 121 Å². The average Bonchev–Trinajstić information content (AvgIpc) is 3.32. The Bertz CT molecular complexity index is 2070. The molecule has 1 heteroatoms. The largest absolute Gasteiger partial charge is 0.135 e. The van der Waals surface area contributed by atoms with E-state index in [-0.39, 0.29) is 0 Å². The Balaban J connectivity index is 1.47. The number of fused-ring (bicyclic) bond motifs is 11. The summed E-state index contributed by atoms with van der Waals surface area (Å²) in [5.41, 5.74) is 2.59. The van der Waals surface area contributed by atoms with Gasteiger partial charge in [0.1, 0.15) is 0 Å². The fourth-order valence-corrected chi connectivity index (χ4v) is 7.12. The summed E-state index contributed by atoms with van der Waals surface area (Å²) in [7, 11) is 0. The maximum Gasteiger partial charge on any atom is 0.0434 e. The molecular weight excluding hydrogens is 440 g/mol. The lowest BCUT2D eigenvalue weighted by atomic mass is 9.92. The Kier molecular flexibility index (Phi) is 3.91. The molecule has 8 aromatic rings. The summed E-state index contributed by atoms with van der Waals surface area (Å²) in [5, 5.41) is 13.3.